The summed E-state index contributed by atoms with van der Waals surface area (Å²) in [7, 11) is -1.61. The molecule has 0 fully saturated rings. The molecule has 0 heterocycles. The molecule has 0 aliphatic carbocycles. The molecule has 0 bridgehead atoms. The van der Waals surface area contributed by atoms with Crippen LogP contribution in [0.25, 0.3) is 0 Å². The summed E-state index contributed by atoms with van der Waals surface area (Å²) in [6.07, 6.45) is 0.458. The second kappa shape index (κ2) is 10.2. The van der Waals surface area contributed by atoms with Crippen molar-refractivity contribution >= 4 is 25.2 Å². The predicted octanol–water partition coefficient (Wildman–Crippen LogP) is 2.74. The van der Waals surface area contributed by atoms with Crippen LogP contribution in [-0.4, -0.2) is 25.2 Å². The van der Waals surface area contributed by atoms with Gasteiger partial charge in [0.15, 0.2) is 0 Å². The molecule has 0 N–H and O–H groups in total. The molecular formula is C15H27BO6. The van der Waals surface area contributed by atoms with Crippen molar-refractivity contribution in [3.8, 4) is 0 Å². The van der Waals surface area contributed by atoms with Crippen molar-refractivity contribution in [2.75, 3.05) is 0 Å². The minimum atomic E-state index is -1.61. The van der Waals surface area contributed by atoms with E-state index >= 15 is 0 Å². The fourth-order valence-corrected chi connectivity index (χ4v) is 1.54. The largest absolute Gasteiger partial charge is 0.870 e. The maximum Gasteiger partial charge on any atom is 0.870 e. The number of carbonyl (C=O) groups is 3. The highest BCUT2D eigenvalue weighted by molar-refractivity contribution is 6.44. The lowest BCUT2D eigenvalue weighted by atomic mass is 10.1. The van der Waals surface area contributed by atoms with Gasteiger partial charge in [0.05, 0.1) is 0 Å². The SMILES string of the molecule is CC(C)CC(=O)OB(OC(=O)CC(C)C)OC(=O)CC(C)C. The molecule has 0 aliphatic heterocycles. The Labute approximate surface area is 133 Å². The molecule has 0 spiro atoms. The van der Waals surface area contributed by atoms with E-state index in [4.69, 9.17) is 14.0 Å². The molecule has 0 aromatic rings. The van der Waals surface area contributed by atoms with Crippen LogP contribution in [0, 0.1) is 17.8 Å². The molecule has 0 aromatic heterocycles. The molecule has 126 valence electrons. The van der Waals surface area contributed by atoms with Gasteiger partial charge >= 0.3 is 7.32 Å². The van der Waals surface area contributed by atoms with Gasteiger partial charge in [-0.2, -0.15) is 0 Å². The molecule has 0 radical (unpaired) electrons. The van der Waals surface area contributed by atoms with E-state index in [1.165, 1.54) is 0 Å². The molecule has 0 saturated carbocycles. The van der Waals surface area contributed by atoms with Crippen LogP contribution >= 0.6 is 0 Å². The average molecular weight is 314 g/mol. The maximum absolute atomic E-state index is 11.7. The molecule has 0 saturated heterocycles. The predicted molar refractivity (Wildman–Crippen MR) is 82.4 cm³/mol. The van der Waals surface area contributed by atoms with Crippen molar-refractivity contribution in [3.05, 3.63) is 0 Å². The Morgan fingerprint density at radius 1 is 0.636 bits per heavy atom. The van der Waals surface area contributed by atoms with Gasteiger partial charge in [-0.15, -0.1) is 0 Å². The summed E-state index contributed by atoms with van der Waals surface area (Å²) in [5.41, 5.74) is 0. The zero-order valence-electron chi connectivity index (χ0n) is 14.4. The number of hydrogen-bond acceptors (Lipinski definition) is 6. The van der Waals surface area contributed by atoms with Crippen molar-refractivity contribution in [1.82, 2.24) is 0 Å². The third-order valence-electron chi connectivity index (χ3n) is 2.41. The van der Waals surface area contributed by atoms with Crippen molar-refractivity contribution < 1.29 is 28.3 Å². The third kappa shape index (κ3) is 11.2. The third-order valence-corrected chi connectivity index (χ3v) is 2.41. The first kappa shape index (κ1) is 20.5. The highest BCUT2D eigenvalue weighted by Gasteiger charge is 2.36. The smallest absolute Gasteiger partial charge is 0.462 e. The Hall–Kier alpha value is -1.53. The number of rotatable bonds is 9. The molecule has 0 atom stereocenters. The van der Waals surface area contributed by atoms with E-state index in [2.05, 4.69) is 0 Å². The molecule has 0 unspecified atom stereocenters. The van der Waals surface area contributed by atoms with E-state index in [0.717, 1.165) is 0 Å². The lowest BCUT2D eigenvalue weighted by Gasteiger charge is -2.15. The van der Waals surface area contributed by atoms with Crippen molar-refractivity contribution in [1.29, 1.82) is 0 Å². The molecule has 7 heteroatoms. The Kier molecular flexibility index (Phi) is 9.53. The van der Waals surface area contributed by atoms with Crippen LogP contribution in [0.5, 0.6) is 0 Å². The van der Waals surface area contributed by atoms with E-state index in [1.54, 1.807) is 0 Å². The van der Waals surface area contributed by atoms with Crippen LogP contribution in [0.1, 0.15) is 60.8 Å². The van der Waals surface area contributed by atoms with Crippen molar-refractivity contribution in [2.24, 2.45) is 17.8 Å². The van der Waals surface area contributed by atoms with Crippen LogP contribution in [0.3, 0.4) is 0 Å². The topological polar surface area (TPSA) is 78.9 Å². The maximum atomic E-state index is 11.7. The van der Waals surface area contributed by atoms with E-state index in [1.807, 2.05) is 41.5 Å². The first-order valence-electron chi connectivity index (χ1n) is 7.68. The van der Waals surface area contributed by atoms with Crippen molar-refractivity contribution in [2.45, 2.75) is 60.8 Å². The highest BCUT2D eigenvalue weighted by atomic mass is 16.8. The minimum Gasteiger partial charge on any atom is -0.462 e. The van der Waals surface area contributed by atoms with Crippen LogP contribution in [0.15, 0.2) is 0 Å². The van der Waals surface area contributed by atoms with Gasteiger partial charge in [0.1, 0.15) is 0 Å². The summed E-state index contributed by atoms with van der Waals surface area (Å²) in [6, 6.07) is 0. The van der Waals surface area contributed by atoms with Crippen LogP contribution in [0.4, 0.5) is 0 Å². The average Bonchev–Trinajstić information content (AvgIpc) is 2.23. The molecular weight excluding hydrogens is 287 g/mol. The lowest BCUT2D eigenvalue weighted by molar-refractivity contribution is -0.148. The van der Waals surface area contributed by atoms with Gasteiger partial charge < -0.3 is 14.0 Å². The van der Waals surface area contributed by atoms with E-state index in [0.29, 0.717) is 0 Å². The molecule has 6 nitrogen and oxygen atoms in total. The van der Waals surface area contributed by atoms with Gasteiger partial charge in [-0.25, -0.2) is 0 Å². The zero-order chi connectivity index (χ0) is 17.3. The molecule has 22 heavy (non-hydrogen) atoms. The van der Waals surface area contributed by atoms with Crippen LogP contribution in [-0.2, 0) is 28.3 Å². The fourth-order valence-electron chi connectivity index (χ4n) is 1.54. The Bertz CT molecular complexity index is 321. The summed E-state index contributed by atoms with van der Waals surface area (Å²) in [5.74, 6) is -1.46. The van der Waals surface area contributed by atoms with Gasteiger partial charge in [0, 0.05) is 19.3 Å². The quantitative estimate of drug-likeness (QED) is 0.609. The van der Waals surface area contributed by atoms with Crippen LogP contribution in [0.2, 0.25) is 0 Å². The summed E-state index contributed by atoms with van der Waals surface area (Å²) >= 11 is 0. The second-order valence-corrected chi connectivity index (χ2v) is 6.55. The Morgan fingerprint density at radius 2 is 0.864 bits per heavy atom. The highest BCUT2D eigenvalue weighted by Crippen LogP contribution is 2.09. The van der Waals surface area contributed by atoms with E-state index < -0.39 is 25.2 Å². The fraction of sp³-hybridized carbons (Fsp3) is 0.800. The molecule has 0 aromatic carbocycles. The normalized spacial score (nSPS) is 10.8. The van der Waals surface area contributed by atoms with Gasteiger partial charge in [-0.1, -0.05) is 41.5 Å². The summed E-state index contributed by atoms with van der Waals surface area (Å²) in [5, 5.41) is 0. The molecule has 0 rings (SSSR count). The van der Waals surface area contributed by atoms with Gasteiger partial charge in [-0.3, -0.25) is 14.4 Å². The lowest BCUT2D eigenvalue weighted by Crippen LogP contribution is -2.35. The standard InChI is InChI=1S/C15H27BO6/c1-10(2)7-13(17)20-16(21-14(18)8-11(3)4)22-15(19)9-12(5)6/h10-12H,7-9H2,1-6H3. The second-order valence-electron chi connectivity index (χ2n) is 6.55. The number of hydrogen-bond donors (Lipinski definition) is 0. The van der Waals surface area contributed by atoms with Gasteiger partial charge in [-0.05, 0) is 17.8 Å². The van der Waals surface area contributed by atoms with E-state index in [9.17, 15) is 14.4 Å². The number of carbonyl (C=O) groups excluding carboxylic acids is 3. The first-order valence-corrected chi connectivity index (χ1v) is 7.68. The van der Waals surface area contributed by atoms with Crippen LogP contribution < -0.4 is 0 Å². The summed E-state index contributed by atoms with van der Waals surface area (Å²) < 4.78 is 14.8. The Morgan fingerprint density at radius 3 is 1.05 bits per heavy atom. The van der Waals surface area contributed by atoms with Crippen molar-refractivity contribution in [3.63, 3.8) is 0 Å². The monoisotopic (exact) mass is 314 g/mol. The molecule has 0 aliphatic rings. The Balaban J connectivity index is 4.64. The zero-order valence-corrected chi connectivity index (χ0v) is 14.4. The van der Waals surface area contributed by atoms with Gasteiger partial charge in [0.2, 0.25) is 0 Å². The molecule has 0 amide bonds. The first-order chi connectivity index (χ1) is 10.1. The summed E-state index contributed by atoms with van der Waals surface area (Å²) in [4.78, 5) is 35.0. The van der Waals surface area contributed by atoms with Gasteiger partial charge in [0.25, 0.3) is 17.9 Å². The minimum absolute atomic E-state index is 0.0888. The summed E-state index contributed by atoms with van der Waals surface area (Å²) in [6.45, 7) is 11.1. The van der Waals surface area contributed by atoms with E-state index in [-0.39, 0.29) is 37.0 Å².